The molecule has 2 aliphatic heterocycles. The number of alkyl halides is 3. The number of aromatic nitrogens is 1. The molecule has 1 spiro atoms. The minimum Gasteiger partial charge on any atom is -0.475 e. The lowest BCUT2D eigenvalue weighted by Gasteiger charge is -2.40. The number of nitrogens with zero attached hydrogens (tertiary/aromatic N) is 3. The molecule has 2 aromatic rings. The number of pyridine rings is 1. The highest BCUT2D eigenvalue weighted by molar-refractivity contribution is 7.12. The molecule has 172 valence electrons. The molecule has 11 heteroatoms. The lowest BCUT2D eigenvalue weighted by Crippen LogP contribution is -2.47. The predicted octanol–water partition coefficient (Wildman–Crippen LogP) is 3.54. The molecule has 0 radical (unpaired) electrons. The van der Waals surface area contributed by atoms with Crippen molar-refractivity contribution in [2.75, 3.05) is 26.2 Å². The van der Waals surface area contributed by atoms with E-state index < -0.39 is 12.1 Å². The number of aliphatic carboxylic acids is 1. The van der Waals surface area contributed by atoms with Crippen molar-refractivity contribution >= 4 is 29.1 Å². The molecule has 2 fully saturated rings. The Morgan fingerprint density at radius 3 is 2.28 bits per heavy atom. The Morgan fingerprint density at radius 2 is 1.72 bits per heavy atom. The molecule has 0 saturated carbocycles. The molecule has 1 unspecified atom stereocenters. The van der Waals surface area contributed by atoms with Crippen molar-refractivity contribution in [3.05, 3.63) is 52.5 Å². The number of carbonyl (C=O) groups is 3. The standard InChI is InChI=1S/C19H21N3O2S.C2HF3O2/c23-17(15-4-1-8-20-12-15)21-9-3-6-19(13-21)7-10-22(14-19)18(24)16-5-2-11-25-16;3-2(4,5)1(6)7/h1-2,4-5,8,11-12H,3,6-7,9-10,13-14H2;(H,6,7). The highest BCUT2D eigenvalue weighted by Crippen LogP contribution is 2.40. The van der Waals surface area contributed by atoms with Gasteiger partial charge < -0.3 is 14.9 Å². The maximum absolute atomic E-state index is 12.7. The van der Waals surface area contributed by atoms with Gasteiger partial charge in [-0.3, -0.25) is 14.6 Å². The van der Waals surface area contributed by atoms with Crippen molar-refractivity contribution in [3.8, 4) is 0 Å². The summed E-state index contributed by atoms with van der Waals surface area (Å²) in [5.41, 5.74) is 0.687. The number of likely N-dealkylation sites (tertiary alicyclic amines) is 2. The largest absolute Gasteiger partial charge is 0.490 e. The van der Waals surface area contributed by atoms with Crippen molar-refractivity contribution in [1.82, 2.24) is 14.8 Å². The molecule has 2 amide bonds. The average molecular weight is 469 g/mol. The first-order valence-electron chi connectivity index (χ1n) is 9.93. The Hall–Kier alpha value is -2.95. The van der Waals surface area contributed by atoms with Crippen LogP contribution in [-0.4, -0.2) is 70.0 Å². The van der Waals surface area contributed by atoms with E-state index in [2.05, 4.69) is 4.98 Å². The molecule has 0 bridgehead atoms. The summed E-state index contributed by atoms with van der Waals surface area (Å²) in [5, 5.41) is 9.06. The van der Waals surface area contributed by atoms with E-state index in [0.717, 1.165) is 50.3 Å². The topological polar surface area (TPSA) is 90.8 Å². The number of hydrogen-bond donors (Lipinski definition) is 1. The van der Waals surface area contributed by atoms with E-state index in [0.29, 0.717) is 5.56 Å². The van der Waals surface area contributed by atoms with Gasteiger partial charge in [0.1, 0.15) is 0 Å². The summed E-state index contributed by atoms with van der Waals surface area (Å²) in [4.78, 5) is 43.0. The number of carboxylic acids is 1. The molecule has 7 nitrogen and oxygen atoms in total. The van der Waals surface area contributed by atoms with Crippen LogP contribution < -0.4 is 0 Å². The number of carbonyl (C=O) groups excluding carboxylic acids is 2. The molecular formula is C21H22F3N3O4S. The van der Waals surface area contributed by atoms with Crippen molar-refractivity contribution in [2.24, 2.45) is 5.41 Å². The number of piperidine rings is 1. The van der Waals surface area contributed by atoms with Crippen molar-refractivity contribution in [2.45, 2.75) is 25.4 Å². The van der Waals surface area contributed by atoms with E-state index in [-0.39, 0.29) is 17.2 Å². The number of thiophene rings is 1. The molecule has 1 N–H and O–H groups in total. The van der Waals surface area contributed by atoms with Crippen LogP contribution in [0.2, 0.25) is 0 Å². The monoisotopic (exact) mass is 469 g/mol. The van der Waals surface area contributed by atoms with Crippen LogP contribution in [0.1, 0.15) is 39.3 Å². The molecule has 1 atom stereocenters. The van der Waals surface area contributed by atoms with Crippen molar-refractivity contribution < 1.29 is 32.7 Å². The maximum atomic E-state index is 12.7. The lowest BCUT2D eigenvalue weighted by molar-refractivity contribution is -0.192. The van der Waals surface area contributed by atoms with E-state index in [4.69, 9.17) is 9.90 Å². The minimum absolute atomic E-state index is 0.0447. The number of halogens is 3. The maximum Gasteiger partial charge on any atom is 0.490 e. The third-order valence-corrected chi connectivity index (χ3v) is 6.41. The molecular weight excluding hydrogens is 447 g/mol. The van der Waals surface area contributed by atoms with Crippen LogP contribution in [0.25, 0.3) is 0 Å². The zero-order valence-corrected chi connectivity index (χ0v) is 17.9. The van der Waals surface area contributed by atoms with E-state index in [1.807, 2.05) is 33.4 Å². The van der Waals surface area contributed by atoms with Gasteiger partial charge in [0.05, 0.1) is 10.4 Å². The Bertz CT molecular complexity index is 953. The van der Waals surface area contributed by atoms with Crippen LogP contribution in [0, 0.1) is 5.41 Å². The second-order valence-electron chi connectivity index (χ2n) is 7.83. The van der Waals surface area contributed by atoms with Crippen LogP contribution in [0.3, 0.4) is 0 Å². The van der Waals surface area contributed by atoms with Gasteiger partial charge >= 0.3 is 12.1 Å². The van der Waals surface area contributed by atoms with Gasteiger partial charge in [-0.25, -0.2) is 4.79 Å². The normalized spacial score (nSPS) is 20.6. The Kier molecular flexibility index (Phi) is 7.17. The van der Waals surface area contributed by atoms with Gasteiger partial charge in [-0.1, -0.05) is 6.07 Å². The highest BCUT2D eigenvalue weighted by Gasteiger charge is 2.44. The Labute approximate surface area is 186 Å². The molecule has 4 heterocycles. The second kappa shape index (κ2) is 9.68. The van der Waals surface area contributed by atoms with Gasteiger partial charge in [0.15, 0.2) is 0 Å². The smallest absolute Gasteiger partial charge is 0.475 e. The molecule has 0 aliphatic carbocycles. The lowest BCUT2D eigenvalue weighted by atomic mass is 9.79. The van der Waals surface area contributed by atoms with E-state index in [9.17, 15) is 22.8 Å². The van der Waals surface area contributed by atoms with E-state index in [1.165, 1.54) is 11.3 Å². The third kappa shape index (κ3) is 5.64. The van der Waals surface area contributed by atoms with Gasteiger partial charge in [-0.2, -0.15) is 13.2 Å². The van der Waals surface area contributed by atoms with Gasteiger partial charge in [-0.15, -0.1) is 11.3 Å². The van der Waals surface area contributed by atoms with E-state index >= 15 is 0 Å². The first kappa shape index (κ1) is 23.7. The fourth-order valence-electron chi connectivity index (χ4n) is 4.05. The number of amides is 2. The summed E-state index contributed by atoms with van der Waals surface area (Å²) < 4.78 is 31.7. The van der Waals surface area contributed by atoms with Gasteiger partial charge in [0.25, 0.3) is 11.8 Å². The van der Waals surface area contributed by atoms with Crippen LogP contribution in [-0.2, 0) is 4.79 Å². The summed E-state index contributed by atoms with van der Waals surface area (Å²) in [6.45, 7) is 3.05. The van der Waals surface area contributed by atoms with Crippen LogP contribution in [0.15, 0.2) is 42.0 Å². The Morgan fingerprint density at radius 1 is 1.03 bits per heavy atom. The highest BCUT2D eigenvalue weighted by atomic mass is 32.1. The quantitative estimate of drug-likeness (QED) is 0.727. The van der Waals surface area contributed by atoms with Gasteiger partial charge in [0.2, 0.25) is 0 Å². The second-order valence-corrected chi connectivity index (χ2v) is 8.78. The molecule has 32 heavy (non-hydrogen) atoms. The summed E-state index contributed by atoms with van der Waals surface area (Å²) in [7, 11) is 0. The van der Waals surface area contributed by atoms with Crippen LogP contribution in [0.4, 0.5) is 13.2 Å². The summed E-state index contributed by atoms with van der Waals surface area (Å²) in [6, 6.07) is 7.41. The zero-order valence-electron chi connectivity index (χ0n) is 17.0. The summed E-state index contributed by atoms with van der Waals surface area (Å²) in [6.07, 6.45) is 1.27. The summed E-state index contributed by atoms with van der Waals surface area (Å²) >= 11 is 1.49. The fourth-order valence-corrected chi connectivity index (χ4v) is 4.74. The molecule has 2 saturated heterocycles. The van der Waals surface area contributed by atoms with Crippen molar-refractivity contribution in [1.29, 1.82) is 0 Å². The van der Waals surface area contributed by atoms with Crippen LogP contribution >= 0.6 is 11.3 Å². The number of carboxylic acid groups (broad SMARTS) is 1. The summed E-state index contributed by atoms with van der Waals surface area (Å²) in [5.74, 6) is -2.58. The van der Waals surface area contributed by atoms with Crippen molar-refractivity contribution in [3.63, 3.8) is 0 Å². The number of rotatable bonds is 2. The zero-order chi connectivity index (χ0) is 23.4. The molecule has 4 rings (SSSR count). The Balaban J connectivity index is 0.000000360. The minimum atomic E-state index is -5.08. The molecule has 2 aliphatic rings. The van der Waals surface area contributed by atoms with Crippen LogP contribution in [0.5, 0.6) is 0 Å². The molecule has 0 aromatic carbocycles. The van der Waals surface area contributed by atoms with Gasteiger partial charge in [-0.05, 0) is 42.8 Å². The molecule has 2 aromatic heterocycles. The van der Waals surface area contributed by atoms with E-state index in [1.54, 1.807) is 18.5 Å². The predicted molar refractivity (Wildman–Crippen MR) is 110 cm³/mol. The third-order valence-electron chi connectivity index (χ3n) is 5.56. The fraction of sp³-hybridized carbons (Fsp3) is 0.429. The first-order valence-corrected chi connectivity index (χ1v) is 10.8. The average Bonchev–Trinajstić information content (AvgIpc) is 3.44. The number of hydrogen-bond acceptors (Lipinski definition) is 5. The first-order chi connectivity index (χ1) is 15.1. The SMILES string of the molecule is O=C(O)C(F)(F)F.O=C(c1cccnc1)N1CCCC2(CCN(C(=O)c3cccs3)C2)C1. The van der Waals surface area contributed by atoms with Gasteiger partial charge in [0, 0.05) is 44.0 Å².